The topological polar surface area (TPSA) is 6.48 Å². The van der Waals surface area contributed by atoms with Gasteiger partial charge < -0.3 is 9.80 Å². The molecule has 0 aliphatic heterocycles. The Morgan fingerprint density at radius 2 is 0.926 bits per heavy atom. The number of hydrogen-bond donors (Lipinski definition) is 0. The van der Waals surface area contributed by atoms with Crippen LogP contribution in [-0.4, -0.2) is 0 Å². The third kappa shape index (κ3) is 7.80. The van der Waals surface area contributed by atoms with Crippen molar-refractivity contribution in [1.29, 1.82) is 0 Å². The molecular weight excluding hydrogens is 821 g/mol. The van der Waals surface area contributed by atoms with Gasteiger partial charge in [0.2, 0.25) is 0 Å². The first kappa shape index (κ1) is 43.4. The SMILES string of the molecule is CC(C)(C)c1cccc(N(c2cccc(-c3ccccc3)c2)c2ccc3c(c2)Cc2cc4c5c(c(N(c6cccc(-c7ccccc7)c6)c6cccc(C(C)(C)C)c6)ccc5c2-3)CCC4(C)C)c1. The first-order valence-corrected chi connectivity index (χ1v) is 24.6. The molecule has 0 heterocycles. The number of fused-ring (bicyclic) bond motifs is 4. The zero-order valence-corrected chi connectivity index (χ0v) is 41.0. The Morgan fingerprint density at radius 1 is 0.426 bits per heavy atom. The molecule has 0 spiro atoms. The van der Waals surface area contributed by atoms with Gasteiger partial charge in [0, 0.05) is 34.1 Å². The van der Waals surface area contributed by atoms with Gasteiger partial charge in [0.15, 0.2) is 0 Å². The van der Waals surface area contributed by atoms with Crippen LogP contribution in [0.3, 0.4) is 0 Å². The molecule has 0 N–H and O–H groups in total. The van der Waals surface area contributed by atoms with Crippen LogP contribution in [0.4, 0.5) is 34.1 Å². The van der Waals surface area contributed by atoms with E-state index in [0.29, 0.717) is 0 Å². The molecule has 0 aromatic heterocycles. The van der Waals surface area contributed by atoms with Crippen LogP contribution in [0.15, 0.2) is 194 Å². The fraction of sp³-hybridized carbons (Fsp3) is 0.212. The van der Waals surface area contributed by atoms with E-state index in [-0.39, 0.29) is 16.2 Å². The average molecular weight is 883 g/mol. The minimum atomic E-state index is 0.00984. The van der Waals surface area contributed by atoms with Crippen LogP contribution in [0.2, 0.25) is 0 Å². The molecule has 9 aromatic rings. The van der Waals surface area contributed by atoms with Gasteiger partial charge in [0.25, 0.3) is 0 Å². The van der Waals surface area contributed by atoms with Gasteiger partial charge in [-0.3, -0.25) is 0 Å². The Morgan fingerprint density at radius 3 is 1.50 bits per heavy atom. The van der Waals surface area contributed by atoms with Crippen molar-refractivity contribution in [2.24, 2.45) is 0 Å². The van der Waals surface area contributed by atoms with Crippen molar-refractivity contribution < 1.29 is 0 Å². The monoisotopic (exact) mass is 882 g/mol. The molecule has 2 aliphatic rings. The second-order valence-electron chi connectivity index (χ2n) is 22.0. The van der Waals surface area contributed by atoms with Crippen LogP contribution >= 0.6 is 0 Å². The second-order valence-corrected chi connectivity index (χ2v) is 22.0. The van der Waals surface area contributed by atoms with Crippen LogP contribution in [0.1, 0.15) is 95.2 Å². The molecule has 0 saturated carbocycles. The highest BCUT2D eigenvalue weighted by Gasteiger charge is 2.35. The van der Waals surface area contributed by atoms with Crippen molar-refractivity contribution in [3.8, 4) is 33.4 Å². The lowest BCUT2D eigenvalue weighted by molar-refractivity contribution is 0.474. The van der Waals surface area contributed by atoms with Crippen molar-refractivity contribution in [2.75, 3.05) is 9.80 Å². The molecule has 0 bridgehead atoms. The van der Waals surface area contributed by atoms with Gasteiger partial charge in [-0.25, -0.2) is 0 Å². The summed E-state index contributed by atoms with van der Waals surface area (Å²) in [5.74, 6) is 0. The van der Waals surface area contributed by atoms with Crippen molar-refractivity contribution in [3.05, 3.63) is 228 Å². The summed E-state index contributed by atoms with van der Waals surface area (Å²) in [5.41, 5.74) is 23.2. The summed E-state index contributed by atoms with van der Waals surface area (Å²) in [6, 6.07) is 72.8. The van der Waals surface area contributed by atoms with Crippen LogP contribution in [0, 0.1) is 0 Å². The number of rotatable bonds is 8. The molecule has 0 fully saturated rings. The third-order valence-corrected chi connectivity index (χ3v) is 14.8. The number of nitrogens with zero attached hydrogens (tertiary/aromatic N) is 2. The molecule has 2 heteroatoms. The van der Waals surface area contributed by atoms with E-state index in [9.17, 15) is 0 Å². The quantitative estimate of drug-likeness (QED) is 0.150. The standard InChI is InChI=1S/C66H62N2/c1-64(2,3)50-25-17-29-54(42-50)67(52-27-15-23-46(38-52)44-19-11-9-12-20-44)56-31-32-57-48(40-56)37-49-41-60-63-58(35-36-66(60,7)8)61(34-33-59(63)62(49)57)68(55-30-18-26-51(43-55)65(4,5)6)53-28-16-24-47(39-53)45-21-13-10-14-22-45/h9-34,38-43H,35-37H2,1-8H3. The maximum absolute atomic E-state index is 2.60. The van der Waals surface area contributed by atoms with E-state index >= 15 is 0 Å². The zero-order valence-electron chi connectivity index (χ0n) is 41.0. The maximum Gasteiger partial charge on any atom is 0.0500 e. The van der Waals surface area contributed by atoms with Crippen LogP contribution in [0.5, 0.6) is 0 Å². The fourth-order valence-corrected chi connectivity index (χ4v) is 11.0. The highest BCUT2D eigenvalue weighted by molar-refractivity contribution is 6.08. The van der Waals surface area contributed by atoms with E-state index < -0.39 is 0 Å². The van der Waals surface area contributed by atoms with E-state index in [1.807, 2.05) is 0 Å². The Balaban J connectivity index is 1.08. The predicted octanol–water partition coefficient (Wildman–Crippen LogP) is 18.5. The molecule has 68 heavy (non-hydrogen) atoms. The maximum atomic E-state index is 2.60. The molecule has 0 atom stereocenters. The normalized spacial score (nSPS) is 13.8. The average Bonchev–Trinajstić information content (AvgIpc) is 3.72. The van der Waals surface area contributed by atoms with Gasteiger partial charge in [-0.2, -0.15) is 0 Å². The summed E-state index contributed by atoms with van der Waals surface area (Å²) < 4.78 is 0. The largest absolute Gasteiger partial charge is 0.310 e. The Kier molecular flexibility index (Phi) is 10.6. The Bertz CT molecular complexity index is 3360. The molecule has 2 nitrogen and oxygen atoms in total. The van der Waals surface area contributed by atoms with E-state index in [4.69, 9.17) is 0 Å². The van der Waals surface area contributed by atoms with E-state index in [1.165, 1.54) is 106 Å². The van der Waals surface area contributed by atoms with Gasteiger partial charge in [-0.05, 0) is 180 Å². The highest BCUT2D eigenvalue weighted by Crippen LogP contribution is 2.53. The van der Waals surface area contributed by atoms with Crippen molar-refractivity contribution in [2.45, 2.75) is 90.9 Å². The number of benzene rings is 9. The molecule has 0 saturated heterocycles. The summed E-state index contributed by atoms with van der Waals surface area (Å²) in [7, 11) is 0. The lowest BCUT2D eigenvalue weighted by Gasteiger charge is -2.37. The predicted molar refractivity (Wildman–Crippen MR) is 291 cm³/mol. The van der Waals surface area contributed by atoms with Gasteiger partial charge in [0.1, 0.15) is 0 Å². The van der Waals surface area contributed by atoms with Crippen LogP contribution < -0.4 is 9.80 Å². The zero-order chi connectivity index (χ0) is 47.0. The van der Waals surface area contributed by atoms with E-state index in [2.05, 4.69) is 259 Å². The van der Waals surface area contributed by atoms with Gasteiger partial charge in [-0.1, -0.05) is 183 Å². The Hall–Kier alpha value is -7.16. The van der Waals surface area contributed by atoms with Gasteiger partial charge in [-0.15, -0.1) is 0 Å². The molecule has 0 unspecified atom stereocenters. The summed E-state index contributed by atoms with van der Waals surface area (Å²) in [4.78, 5) is 5.01. The third-order valence-electron chi connectivity index (χ3n) is 14.8. The second kappa shape index (κ2) is 16.6. The van der Waals surface area contributed by atoms with E-state index in [0.717, 1.165) is 24.9 Å². The summed E-state index contributed by atoms with van der Waals surface area (Å²) in [5, 5.41) is 2.81. The lowest BCUT2D eigenvalue weighted by atomic mass is 9.70. The fourth-order valence-electron chi connectivity index (χ4n) is 11.0. The van der Waals surface area contributed by atoms with Crippen molar-refractivity contribution in [3.63, 3.8) is 0 Å². The van der Waals surface area contributed by atoms with Gasteiger partial charge in [0.05, 0.1) is 0 Å². The van der Waals surface area contributed by atoms with Gasteiger partial charge >= 0.3 is 0 Å². The molecule has 11 rings (SSSR count). The minimum Gasteiger partial charge on any atom is -0.310 e. The number of hydrogen-bond acceptors (Lipinski definition) is 2. The minimum absolute atomic E-state index is 0.00984. The summed E-state index contributed by atoms with van der Waals surface area (Å²) >= 11 is 0. The Labute approximate surface area is 404 Å². The molecular formula is C66H62N2. The molecule has 336 valence electrons. The lowest BCUT2D eigenvalue weighted by Crippen LogP contribution is -2.25. The summed E-state index contributed by atoms with van der Waals surface area (Å²) in [6.45, 7) is 18.8. The molecule has 0 radical (unpaired) electrons. The molecule has 0 amide bonds. The first-order valence-electron chi connectivity index (χ1n) is 24.6. The van der Waals surface area contributed by atoms with Crippen LogP contribution in [0.25, 0.3) is 44.2 Å². The number of anilines is 6. The van der Waals surface area contributed by atoms with Crippen molar-refractivity contribution >= 4 is 44.9 Å². The first-order chi connectivity index (χ1) is 32.7. The highest BCUT2D eigenvalue weighted by atomic mass is 15.1. The molecule has 9 aromatic carbocycles. The summed E-state index contributed by atoms with van der Waals surface area (Å²) in [6.07, 6.45) is 3.01. The molecule has 2 aliphatic carbocycles. The van der Waals surface area contributed by atoms with E-state index in [1.54, 1.807) is 0 Å². The van der Waals surface area contributed by atoms with Crippen LogP contribution in [-0.2, 0) is 29.1 Å². The van der Waals surface area contributed by atoms with Crippen molar-refractivity contribution in [1.82, 2.24) is 0 Å². The smallest absolute Gasteiger partial charge is 0.0500 e. The number of aryl methyl sites for hydroxylation is 1.